The SMILES string of the molecule is CCCOC(=O)CN(CC(COCCOCCOC)NC=O)C(=O)Cn1cnc2c(=O)[nH]c(NC(=O)OC(C)(C)C)nc21. The monoisotopic (exact) mass is 611 g/mol. The molecule has 2 heterocycles. The van der Waals surface area contributed by atoms with Gasteiger partial charge < -0.3 is 38.5 Å². The number of fused-ring (bicyclic) bond motifs is 1. The third kappa shape index (κ3) is 12.8. The normalized spacial score (nSPS) is 12.0. The average molecular weight is 612 g/mol. The molecule has 3 N–H and O–H groups in total. The maximum Gasteiger partial charge on any atom is 0.414 e. The van der Waals surface area contributed by atoms with Gasteiger partial charge in [0.05, 0.1) is 52.0 Å². The van der Waals surface area contributed by atoms with Crippen LogP contribution in [0.5, 0.6) is 0 Å². The minimum absolute atomic E-state index is 0.0102. The molecule has 17 heteroatoms. The number of esters is 1. The van der Waals surface area contributed by atoms with Crippen LogP contribution in [0.25, 0.3) is 11.2 Å². The fourth-order valence-corrected chi connectivity index (χ4v) is 3.55. The molecule has 1 atom stereocenters. The van der Waals surface area contributed by atoms with Crippen LogP contribution in [0.2, 0.25) is 0 Å². The number of carbonyl (C=O) groups excluding carboxylic acids is 4. The predicted octanol–water partition coefficient (Wildman–Crippen LogP) is 0.0426. The molecule has 2 aromatic heterocycles. The highest BCUT2D eigenvalue weighted by atomic mass is 16.6. The topological polar surface area (TPSA) is 205 Å². The summed E-state index contributed by atoms with van der Waals surface area (Å²) in [5, 5.41) is 4.94. The Hall–Kier alpha value is -4.09. The van der Waals surface area contributed by atoms with E-state index in [-0.39, 0.29) is 50.0 Å². The smallest absolute Gasteiger partial charge is 0.414 e. The van der Waals surface area contributed by atoms with Crippen molar-refractivity contribution in [1.82, 2.24) is 29.7 Å². The van der Waals surface area contributed by atoms with Crippen LogP contribution in [0.4, 0.5) is 10.7 Å². The van der Waals surface area contributed by atoms with Crippen molar-refractivity contribution in [2.45, 2.75) is 52.3 Å². The van der Waals surface area contributed by atoms with Gasteiger partial charge in [-0.15, -0.1) is 0 Å². The standard InChI is InChI=1S/C26H41N7O10/c1-6-7-42-20(36)14-32(12-18(28-17-34)15-41-11-10-40-9-8-39-5)19(35)13-33-16-27-21-22(33)29-24(30-23(21)37)31-25(38)43-26(2,3)4/h16-18H,6-15H2,1-5H3,(H,28,34)(H2,29,30,31,37,38). The number of nitrogens with one attached hydrogen (secondary N) is 3. The van der Waals surface area contributed by atoms with Crippen molar-refractivity contribution in [3.8, 4) is 0 Å². The molecule has 3 amide bonds. The Morgan fingerprint density at radius 1 is 1.14 bits per heavy atom. The van der Waals surface area contributed by atoms with Crippen LogP contribution < -0.4 is 16.2 Å². The highest BCUT2D eigenvalue weighted by Crippen LogP contribution is 2.12. The summed E-state index contributed by atoms with van der Waals surface area (Å²) in [5.74, 6) is -1.40. The molecule has 0 bridgehead atoms. The number of H-pyrrole nitrogens is 1. The summed E-state index contributed by atoms with van der Waals surface area (Å²) >= 11 is 0. The number of hydrogen-bond acceptors (Lipinski definition) is 12. The first kappa shape index (κ1) is 35.1. The molecule has 0 spiro atoms. The van der Waals surface area contributed by atoms with Crippen LogP contribution in [0.1, 0.15) is 34.1 Å². The molecule has 0 saturated heterocycles. The van der Waals surface area contributed by atoms with Gasteiger partial charge in [-0.2, -0.15) is 4.98 Å². The molecule has 0 aliphatic heterocycles. The number of ether oxygens (including phenoxy) is 5. The second-order valence-corrected chi connectivity index (χ2v) is 10.2. The fourth-order valence-electron chi connectivity index (χ4n) is 3.55. The Morgan fingerprint density at radius 2 is 1.86 bits per heavy atom. The van der Waals surface area contributed by atoms with Gasteiger partial charge in [-0.1, -0.05) is 6.92 Å². The van der Waals surface area contributed by atoms with E-state index in [1.807, 2.05) is 6.92 Å². The second kappa shape index (κ2) is 17.8. The van der Waals surface area contributed by atoms with Crippen LogP contribution in [0.15, 0.2) is 11.1 Å². The van der Waals surface area contributed by atoms with Gasteiger partial charge in [-0.05, 0) is 27.2 Å². The fraction of sp³-hybridized carbons (Fsp3) is 0.654. The van der Waals surface area contributed by atoms with E-state index in [2.05, 4.69) is 25.6 Å². The predicted molar refractivity (Wildman–Crippen MR) is 152 cm³/mol. The zero-order valence-electron chi connectivity index (χ0n) is 25.2. The van der Waals surface area contributed by atoms with Crippen molar-refractivity contribution in [2.24, 2.45) is 0 Å². The van der Waals surface area contributed by atoms with Crippen LogP contribution in [-0.2, 0) is 44.6 Å². The van der Waals surface area contributed by atoms with Gasteiger partial charge in [0.2, 0.25) is 18.3 Å². The highest BCUT2D eigenvalue weighted by Gasteiger charge is 2.24. The first-order valence-electron chi connectivity index (χ1n) is 13.7. The van der Waals surface area contributed by atoms with Crippen molar-refractivity contribution in [3.63, 3.8) is 0 Å². The lowest BCUT2D eigenvalue weighted by Gasteiger charge is -2.27. The number of aromatic nitrogens is 4. The zero-order valence-corrected chi connectivity index (χ0v) is 25.2. The van der Waals surface area contributed by atoms with Crippen molar-refractivity contribution in [2.75, 3.05) is 65.2 Å². The first-order chi connectivity index (χ1) is 20.5. The number of nitrogens with zero attached hydrogens (tertiary/aromatic N) is 4. The van der Waals surface area contributed by atoms with Gasteiger partial charge in [0.15, 0.2) is 11.2 Å². The molecule has 2 aromatic rings. The number of amides is 3. The van der Waals surface area contributed by atoms with Crippen LogP contribution in [-0.4, -0.2) is 120 Å². The van der Waals surface area contributed by atoms with E-state index in [1.165, 1.54) is 15.8 Å². The zero-order chi connectivity index (χ0) is 31.8. The van der Waals surface area contributed by atoms with Crippen LogP contribution in [0.3, 0.4) is 0 Å². The number of hydrogen-bond donors (Lipinski definition) is 3. The summed E-state index contributed by atoms with van der Waals surface area (Å²) in [7, 11) is 1.56. The summed E-state index contributed by atoms with van der Waals surface area (Å²) in [4.78, 5) is 73.8. The number of methoxy groups -OCH3 is 1. The third-order valence-electron chi connectivity index (χ3n) is 5.41. The molecule has 0 saturated carbocycles. The van der Waals surface area contributed by atoms with Crippen molar-refractivity contribution in [3.05, 3.63) is 16.7 Å². The molecule has 0 radical (unpaired) electrons. The number of rotatable bonds is 19. The quantitative estimate of drug-likeness (QED) is 0.109. The largest absolute Gasteiger partial charge is 0.464 e. The van der Waals surface area contributed by atoms with Crippen LogP contribution >= 0.6 is 0 Å². The lowest BCUT2D eigenvalue weighted by molar-refractivity contribution is -0.149. The minimum atomic E-state index is -0.841. The molecule has 0 aromatic carbocycles. The Morgan fingerprint density at radius 3 is 2.53 bits per heavy atom. The molecule has 1 unspecified atom stereocenters. The number of aromatic amines is 1. The van der Waals surface area contributed by atoms with Crippen molar-refractivity contribution >= 4 is 41.5 Å². The molecule has 0 aliphatic rings. The molecule has 43 heavy (non-hydrogen) atoms. The molecular formula is C26H41N7O10. The summed E-state index contributed by atoms with van der Waals surface area (Å²) in [6, 6.07) is -0.662. The molecule has 17 nitrogen and oxygen atoms in total. The minimum Gasteiger partial charge on any atom is -0.464 e. The van der Waals surface area contributed by atoms with Crippen molar-refractivity contribution in [1.29, 1.82) is 0 Å². The van der Waals surface area contributed by atoms with Gasteiger partial charge in [-0.25, -0.2) is 9.78 Å². The lowest BCUT2D eigenvalue weighted by Crippen LogP contribution is -2.48. The molecular weight excluding hydrogens is 570 g/mol. The van der Waals surface area contributed by atoms with E-state index >= 15 is 0 Å². The second-order valence-electron chi connectivity index (χ2n) is 10.2. The Bertz CT molecular complexity index is 1260. The van der Waals surface area contributed by atoms with E-state index in [9.17, 15) is 24.0 Å². The summed E-state index contributed by atoms with van der Waals surface area (Å²) in [5.41, 5.74) is -1.50. The number of anilines is 1. The van der Waals surface area contributed by atoms with E-state index in [4.69, 9.17) is 23.7 Å². The summed E-state index contributed by atoms with van der Waals surface area (Å²) in [6.07, 6.45) is 1.46. The average Bonchev–Trinajstić information content (AvgIpc) is 3.32. The molecule has 2 rings (SSSR count). The van der Waals surface area contributed by atoms with Gasteiger partial charge >= 0.3 is 12.1 Å². The van der Waals surface area contributed by atoms with Crippen molar-refractivity contribution < 1.29 is 42.9 Å². The Kier molecular flexibility index (Phi) is 14.5. The molecule has 0 fully saturated rings. The van der Waals surface area contributed by atoms with E-state index < -0.39 is 41.7 Å². The lowest BCUT2D eigenvalue weighted by atomic mass is 10.2. The van der Waals surface area contributed by atoms with Gasteiger partial charge in [-0.3, -0.25) is 29.5 Å². The van der Waals surface area contributed by atoms with E-state index in [0.717, 1.165) is 0 Å². The van der Waals surface area contributed by atoms with E-state index in [1.54, 1.807) is 27.9 Å². The number of carbonyl (C=O) groups is 4. The maximum absolute atomic E-state index is 13.5. The highest BCUT2D eigenvalue weighted by molar-refractivity contribution is 5.85. The Balaban J connectivity index is 2.20. The van der Waals surface area contributed by atoms with Gasteiger partial charge in [0.1, 0.15) is 18.7 Å². The van der Waals surface area contributed by atoms with Gasteiger partial charge in [0, 0.05) is 13.7 Å². The molecule has 240 valence electrons. The van der Waals surface area contributed by atoms with Gasteiger partial charge in [0.25, 0.3) is 5.56 Å². The third-order valence-corrected chi connectivity index (χ3v) is 5.41. The first-order valence-corrected chi connectivity index (χ1v) is 13.7. The Labute approximate surface area is 248 Å². The summed E-state index contributed by atoms with van der Waals surface area (Å²) < 4.78 is 27.5. The van der Waals surface area contributed by atoms with E-state index in [0.29, 0.717) is 32.7 Å². The number of imidazole rings is 1. The maximum atomic E-state index is 13.5. The molecule has 0 aliphatic carbocycles. The van der Waals surface area contributed by atoms with Crippen LogP contribution in [0, 0.1) is 0 Å². The summed E-state index contributed by atoms with van der Waals surface area (Å²) in [6.45, 7) is 7.59.